The Kier molecular flexibility index (Phi) is 5.10. The van der Waals surface area contributed by atoms with Crippen LogP contribution < -0.4 is 5.32 Å². The summed E-state index contributed by atoms with van der Waals surface area (Å²) < 4.78 is 2.06. The van der Waals surface area contributed by atoms with E-state index in [9.17, 15) is 0 Å². The van der Waals surface area contributed by atoms with E-state index in [1.807, 2.05) is 0 Å². The molecule has 4 nitrogen and oxygen atoms in total. The van der Waals surface area contributed by atoms with Crippen LogP contribution in [-0.2, 0) is 19.5 Å². The topological polar surface area (TPSA) is 33.1 Å². The second kappa shape index (κ2) is 6.46. The minimum Gasteiger partial charge on any atom is -0.309 e. The molecule has 1 atom stereocenters. The van der Waals surface area contributed by atoms with Gasteiger partial charge in [0.1, 0.15) is 0 Å². The molecule has 0 aliphatic carbocycles. The van der Waals surface area contributed by atoms with Gasteiger partial charge in [0.2, 0.25) is 0 Å². The largest absolute Gasteiger partial charge is 0.309 e. The maximum absolute atomic E-state index is 6.51. The summed E-state index contributed by atoms with van der Waals surface area (Å²) in [4.78, 5) is 2.49. The van der Waals surface area contributed by atoms with Crippen LogP contribution in [0.4, 0.5) is 0 Å². The van der Waals surface area contributed by atoms with E-state index < -0.39 is 0 Å². The Morgan fingerprint density at radius 1 is 1.35 bits per heavy atom. The van der Waals surface area contributed by atoms with E-state index in [1.165, 1.54) is 5.69 Å². The number of aromatic nitrogens is 2. The van der Waals surface area contributed by atoms with Crippen molar-refractivity contribution in [2.75, 3.05) is 19.6 Å². The van der Waals surface area contributed by atoms with Crippen LogP contribution in [0.5, 0.6) is 0 Å². The highest BCUT2D eigenvalue weighted by Crippen LogP contribution is 2.25. The lowest BCUT2D eigenvalue weighted by atomic mass is 9.96. The van der Waals surface area contributed by atoms with Gasteiger partial charge in [0.05, 0.1) is 16.4 Å². The zero-order valence-corrected chi connectivity index (χ0v) is 13.9. The zero-order valence-electron chi connectivity index (χ0n) is 13.2. The number of hydrogen-bond acceptors (Lipinski definition) is 3. The smallest absolute Gasteiger partial charge is 0.0863 e. The van der Waals surface area contributed by atoms with Crippen LogP contribution in [0.15, 0.2) is 0 Å². The second-order valence-electron chi connectivity index (χ2n) is 5.93. The summed E-state index contributed by atoms with van der Waals surface area (Å²) in [7, 11) is 0. The van der Waals surface area contributed by atoms with Crippen LogP contribution in [-0.4, -0.2) is 39.9 Å². The third-order valence-corrected chi connectivity index (χ3v) is 4.84. The average Bonchev–Trinajstić information content (AvgIpc) is 2.75. The molecule has 0 amide bonds. The molecule has 0 aromatic carbocycles. The normalized spacial score (nSPS) is 24.2. The van der Waals surface area contributed by atoms with Crippen molar-refractivity contribution in [3.8, 4) is 0 Å². The van der Waals surface area contributed by atoms with Crippen molar-refractivity contribution in [2.24, 2.45) is 0 Å². The molecule has 1 N–H and O–H groups in total. The predicted octanol–water partition coefficient (Wildman–Crippen LogP) is 2.69. The van der Waals surface area contributed by atoms with Crippen molar-refractivity contribution in [1.29, 1.82) is 0 Å². The van der Waals surface area contributed by atoms with Gasteiger partial charge in [-0.2, -0.15) is 5.10 Å². The maximum atomic E-state index is 6.51. The van der Waals surface area contributed by atoms with E-state index in [2.05, 4.69) is 47.7 Å². The van der Waals surface area contributed by atoms with Crippen molar-refractivity contribution in [1.82, 2.24) is 20.0 Å². The van der Waals surface area contributed by atoms with Crippen LogP contribution in [0.3, 0.4) is 0 Å². The number of aryl methyl sites for hydroxylation is 2. The summed E-state index contributed by atoms with van der Waals surface area (Å²) in [6.45, 7) is 13.7. The molecular weight excluding hydrogens is 272 g/mol. The van der Waals surface area contributed by atoms with Crippen LogP contribution in [0.25, 0.3) is 0 Å². The Bertz CT molecular complexity index is 457. The molecule has 1 saturated heterocycles. The van der Waals surface area contributed by atoms with Gasteiger partial charge in [0.25, 0.3) is 0 Å². The number of piperazine rings is 1. The lowest BCUT2D eigenvalue weighted by Crippen LogP contribution is -2.58. The van der Waals surface area contributed by atoms with E-state index >= 15 is 0 Å². The van der Waals surface area contributed by atoms with Gasteiger partial charge in [-0.05, 0) is 26.7 Å². The lowest BCUT2D eigenvalue weighted by molar-refractivity contribution is 0.131. The molecule has 0 bridgehead atoms. The van der Waals surface area contributed by atoms with Crippen LogP contribution in [0.1, 0.15) is 45.5 Å². The second-order valence-corrected chi connectivity index (χ2v) is 6.31. The first-order valence-corrected chi connectivity index (χ1v) is 8.12. The van der Waals surface area contributed by atoms with Gasteiger partial charge in [-0.25, -0.2) is 0 Å². The minimum atomic E-state index is 0.218. The van der Waals surface area contributed by atoms with Crippen LogP contribution in [0, 0.1) is 0 Å². The molecule has 1 aliphatic heterocycles. The van der Waals surface area contributed by atoms with Gasteiger partial charge in [-0.3, -0.25) is 9.58 Å². The lowest BCUT2D eigenvalue weighted by Gasteiger charge is -2.41. The highest BCUT2D eigenvalue weighted by molar-refractivity contribution is 6.31. The van der Waals surface area contributed by atoms with Crippen LogP contribution >= 0.6 is 11.6 Å². The Morgan fingerprint density at radius 3 is 2.70 bits per heavy atom. The fourth-order valence-electron chi connectivity index (χ4n) is 2.90. The predicted molar refractivity (Wildman–Crippen MR) is 84.3 cm³/mol. The molecule has 2 heterocycles. The molecule has 0 saturated carbocycles. The molecule has 0 spiro atoms. The summed E-state index contributed by atoms with van der Waals surface area (Å²) in [5, 5.41) is 9.10. The fourth-order valence-corrected chi connectivity index (χ4v) is 3.22. The van der Waals surface area contributed by atoms with Gasteiger partial charge >= 0.3 is 0 Å². The quantitative estimate of drug-likeness (QED) is 0.907. The zero-order chi connectivity index (χ0) is 14.8. The summed E-state index contributed by atoms with van der Waals surface area (Å²) in [5.41, 5.74) is 2.42. The van der Waals surface area contributed by atoms with E-state index in [-0.39, 0.29) is 5.54 Å². The Balaban J connectivity index is 2.15. The molecule has 2 rings (SSSR count). The third-order valence-electron chi connectivity index (χ3n) is 4.40. The summed E-state index contributed by atoms with van der Waals surface area (Å²) in [5.74, 6) is 0. The molecular formula is C15H27ClN4. The molecule has 0 radical (unpaired) electrons. The van der Waals surface area contributed by atoms with Gasteiger partial charge < -0.3 is 5.32 Å². The van der Waals surface area contributed by atoms with Crippen molar-refractivity contribution in [3.05, 3.63) is 16.4 Å². The molecule has 5 heteroatoms. The van der Waals surface area contributed by atoms with Gasteiger partial charge in [0.15, 0.2) is 0 Å². The molecule has 114 valence electrons. The Labute approximate surface area is 127 Å². The Hall–Kier alpha value is -0.580. The fraction of sp³-hybridized carbons (Fsp3) is 0.800. The number of halogens is 1. The maximum Gasteiger partial charge on any atom is 0.0863 e. The molecule has 1 fully saturated rings. The van der Waals surface area contributed by atoms with Gasteiger partial charge in [-0.1, -0.05) is 25.4 Å². The number of rotatable bonds is 5. The highest BCUT2D eigenvalue weighted by atomic mass is 35.5. The first-order valence-electron chi connectivity index (χ1n) is 7.74. The third kappa shape index (κ3) is 3.18. The Morgan fingerprint density at radius 2 is 2.10 bits per heavy atom. The monoisotopic (exact) mass is 298 g/mol. The van der Waals surface area contributed by atoms with E-state index in [1.54, 1.807) is 0 Å². The summed E-state index contributed by atoms with van der Waals surface area (Å²) in [6, 6.07) is 0. The van der Waals surface area contributed by atoms with Crippen molar-refractivity contribution < 1.29 is 0 Å². The van der Waals surface area contributed by atoms with Crippen molar-refractivity contribution in [2.45, 2.75) is 59.2 Å². The van der Waals surface area contributed by atoms with E-state index in [0.29, 0.717) is 0 Å². The van der Waals surface area contributed by atoms with Crippen molar-refractivity contribution >= 4 is 11.6 Å². The minimum absolute atomic E-state index is 0.218. The number of nitrogens with zero attached hydrogens (tertiary/aromatic N) is 3. The summed E-state index contributed by atoms with van der Waals surface area (Å²) >= 11 is 6.51. The molecule has 20 heavy (non-hydrogen) atoms. The highest BCUT2D eigenvalue weighted by Gasteiger charge is 2.29. The number of nitrogens with one attached hydrogen (secondary N) is 1. The molecule has 1 aliphatic rings. The summed E-state index contributed by atoms with van der Waals surface area (Å²) in [6.07, 6.45) is 2.04. The molecule has 1 aromatic heterocycles. The van der Waals surface area contributed by atoms with Gasteiger partial charge in [0, 0.05) is 38.3 Å². The molecule has 1 aromatic rings. The first-order chi connectivity index (χ1) is 9.53. The number of hydrogen-bond donors (Lipinski definition) is 1. The first kappa shape index (κ1) is 15.8. The van der Waals surface area contributed by atoms with Gasteiger partial charge in [-0.15, -0.1) is 0 Å². The van der Waals surface area contributed by atoms with Crippen LogP contribution in [0.2, 0.25) is 5.02 Å². The molecule has 1 unspecified atom stereocenters. The standard InChI is InChI=1S/C15H27ClN4/c1-5-12-14(16)13(20(7-3)18-12)10-19-9-8-17-15(4,6-2)11-19/h17H,5-11H2,1-4H3. The SMILES string of the molecule is CCc1nn(CC)c(CN2CCNC(C)(CC)C2)c1Cl. The van der Waals surface area contributed by atoms with E-state index in [0.717, 1.165) is 56.3 Å². The van der Waals surface area contributed by atoms with E-state index in [4.69, 9.17) is 11.6 Å². The van der Waals surface area contributed by atoms with Crippen molar-refractivity contribution in [3.63, 3.8) is 0 Å². The average molecular weight is 299 g/mol.